The first-order chi connectivity index (χ1) is 10.5. The molecule has 5 nitrogen and oxygen atoms in total. The quantitative estimate of drug-likeness (QED) is 0.475. The van der Waals surface area contributed by atoms with E-state index in [0.29, 0.717) is 27.6 Å². The van der Waals surface area contributed by atoms with Gasteiger partial charge in [0.15, 0.2) is 5.16 Å². The molecular weight excluding hydrogens is 324 g/mol. The van der Waals surface area contributed by atoms with Crippen LogP contribution < -0.4 is 5.56 Å². The maximum absolute atomic E-state index is 12.6. The summed E-state index contributed by atoms with van der Waals surface area (Å²) >= 11 is 7.19. The highest BCUT2D eigenvalue weighted by Crippen LogP contribution is 2.24. The van der Waals surface area contributed by atoms with E-state index in [0.717, 1.165) is 6.42 Å². The zero-order valence-corrected chi connectivity index (χ0v) is 14.2. The van der Waals surface area contributed by atoms with E-state index in [2.05, 4.69) is 4.98 Å². The molecule has 0 spiro atoms. The van der Waals surface area contributed by atoms with Crippen LogP contribution >= 0.6 is 23.4 Å². The summed E-state index contributed by atoms with van der Waals surface area (Å²) in [4.78, 5) is 28.7. The Labute approximate surface area is 137 Å². The van der Waals surface area contributed by atoms with Crippen LogP contribution in [0.3, 0.4) is 0 Å². The lowest BCUT2D eigenvalue weighted by Gasteiger charge is -2.14. The molecule has 0 aliphatic heterocycles. The van der Waals surface area contributed by atoms with Gasteiger partial charge in [-0.2, -0.15) is 0 Å². The predicted octanol–water partition coefficient (Wildman–Crippen LogP) is 3.11. The Morgan fingerprint density at radius 3 is 2.86 bits per heavy atom. The van der Waals surface area contributed by atoms with Gasteiger partial charge < -0.3 is 4.74 Å². The third-order valence-corrected chi connectivity index (χ3v) is 4.45. The number of ether oxygens (including phenoxy) is 1. The number of carbonyl (C=O) groups excluding carboxylic acids is 1. The van der Waals surface area contributed by atoms with Crippen molar-refractivity contribution in [3.05, 3.63) is 33.6 Å². The van der Waals surface area contributed by atoms with Crippen LogP contribution in [0.15, 0.2) is 28.2 Å². The number of aromatic nitrogens is 2. The van der Waals surface area contributed by atoms with Gasteiger partial charge in [-0.1, -0.05) is 30.3 Å². The van der Waals surface area contributed by atoms with Crippen molar-refractivity contribution in [1.82, 2.24) is 9.55 Å². The molecule has 0 unspecified atom stereocenters. The first-order valence-electron chi connectivity index (χ1n) is 6.92. The van der Waals surface area contributed by atoms with Gasteiger partial charge in [-0.3, -0.25) is 14.2 Å². The third kappa shape index (κ3) is 3.44. The SMILES string of the molecule is CCCn1c(S[C@H](C)C(=O)OC)nc2cc(Cl)ccc2c1=O. The van der Waals surface area contributed by atoms with Crippen molar-refractivity contribution in [3.63, 3.8) is 0 Å². The minimum atomic E-state index is -0.448. The van der Waals surface area contributed by atoms with Gasteiger partial charge >= 0.3 is 5.97 Å². The minimum absolute atomic E-state index is 0.122. The molecule has 0 saturated carbocycles. The molecule has 22 heavy (non-hydrogen) atoms. The number of benzene rings is 1. The lowest BCUT2D eigenvalue weighted by molar-refractivity contribution is -0.139. The first-order valence-corrected chi connectivity index (χ1v) is 8.18. The van der Waals surface area contributed by atoms with E-state index >= 15 is 0 Å². The van der Waals surface area contributed by atoms with Crippen molar-refractivity contribution in [2.24, 2.45) is 0 Å². The summed E-state index contributed by atoms with van der Waals surface area (Å²) in [6.45, 7) is 4.25. The molecule has 1 aromatic heterocycles. The zero-order valence-electron chi connectivity index (χ0n) is 12.6. The Kier molecular flexibility index (Phi) is 5.47. The summed E-state index contributed by atoms with van der Waals surface area (Å²) in [5.74, 6) is -0.353. The van der Waals surface area contributed by atoms with Crippen molar-refractivity contribution in [2.45, 2.75) is 37.2 Å². The van der Waals surface area contributed by atoms with Crippen LogP contribution in [0.4, 0.5) is 0 Å². The highest BCUT2D eigenvalue weighted by atomic mass is 35.5. The van der Waals surface area contributed by atoms with Crippen LogP contribution in [0.2, 0.25) is 5.02 Å². The van der Waals surface area contributed by atoms with Gasteiger partial charge in [0.25, 0.3) is 5.56 Å². The van der Waals surface area contributed by atoms with Gasteiger partial charge in [0, 0.05) is 11.6 Å². The van der Waals surface area contributed by atoms with E-state index in [1.54, 1.807) is 29.7 Å². The average molecular weight is 341 g/mol. The number of carbonyl (C=O) groups is 1. The van der Waals surface area contributed by atoms with Crippen LogP contribution in [0, 0.1) is 0 Å². The molecule has 2 rings (SSSR count). The summed E-state index contributed by atoms with van der Waals surface area (Å²) in [5, 5.41) is 1.09. The number of fused-ring (bicyclic) bond motifs is 1. The molecule has 0 amide bonds. The standard InChI is InChI=1S/C15H17ClN2O3S/c1-4-7-18-13(19)11-6-5-10(16)8-12(11)17-15(18)22-9(2)14(20)21-3/h5-6,8-9H,4,7H2,1-3H3/t9-/m1/s1. The van der Waals surface area contributed by atoms with E-state index in [1.165, 1.54) is 18.9 Å². The van der Waals surface area contributed by atoms with Gasteiger partial charge in [0.05, 0.1) is 18.0 Å². The molecule has 118 valence electrons. The average Bonchev–Trinajstić information content (AvgIpc) is 2.49. The largest absolute Gasteiger partial charge is 0.468 e. The topological polar surface area (TPSA) is 61.2 Å². The number of rotatable bonds is 5. The summed E-state index contributed by atoms with van der Waals surface area (Å²) in [7, 11) is 1.34. The van der Waals surface area contributed by atoms with E-state index in [9.17, 15) is 9.59 Å². The highest BCUT2D eigenvalue weighted by Gasteiger charge is 2.19. The van der Waals surface area contributed by atoms with Crippen LogP contribution in [0.5, 0.6) is 0 Å². The Morgan fingerprint density at radius 1 is 1.50 bits per heavy atom. The second-order valence-corrected chi connectivity index (χ2v) is 6.54. The highest BCUT2D eigenvalue weighted by molar-refractivity contribution is 8.00. The molecule has 1 atom stereocenters. The Balaban J connectivity index is 2.57. The molecule has 1 heterocycles. The maximum atomic E-state index is 12.6. The number of hydrogen-bond acceptors (Lipinski definition) is 5. The number of thioether (sulfide) groups is 1. The number of methoxy groups -OCH3 is 1. The molecule has 0 saturated heterocycles. The summed E-state index contributed by atoms with van der Waals surface area (Å²) in [6.07, 6.45) is 0.793. The number of hydrogen-bond donors (Lipinski definition) is 0. The molecule has 0 fully saturated rings. The molecule has 0 radical (unpaired) electrons. The van der Waals surface area contributed by atoms with E-state index in [-0.39, 0.29) is 11.5 Å². The monoisotopic (exact) mass is 340 g/mol. The molecular formula is C15H17ClN2O3S. The van der Waals surface area contributed by atoms with Crippen LogP contribution in [-0.2, 0) is 16.1 Å². The second kappa shape index (κ2) is 7.15. The Morgan fingerprint density at radius 2 is 2.23 bits per heavy atom. The van der Waals surface area contributed by atoms with Crippen molar-refractivity contribution in [1.29, 1.82) is 0 Å². The normalized spacial score (nSPS) is 12.4. The lowest BCUT2D eigenvalue weighted by atomic mass is 10.2. The minimum Gasteiger partial charge on any atom is -0.468 e. The first kappa shape index (κ1) is 16.8. The van der Waals surface area contributed by atoms with Gasteiger partial charge in [-0.15, -0.1) is 0 Å². The fourth-order valence-electron chi connectivity index (χ4n) is 2.06. The maximum Gasteiger partial charge on any atom is 0.318 e. The Hall–Kier alpha value is -1.53. The van der Waals surface area contributed by atoms with Gasteiger partial charge in [-0.05, 0) is 31.5 Å². The zero-order chi connectivity index (χ0) is 16.3. The van der Waals surface area contributed by atoms with Crippen LogP contribution in [0.1, 0.15) is 20.3 Å². The number of halogens is 1. The number of esters is 1. The molecule has 0 N–H and O–H groups in total. The van der Waals surface area contributed by atoms with E-state index < -0.39 is 5.25 Å². The van der Waals surface area contributed by atoms with Crippen molar-refractivity contribution in [2.75, 3.05) is 7.11 Å². The molecule has 7 heteroatoms. The number of nitrogens with zero attached hydrogens (tertiary/aromatic N) is 2. The van der Waals surface area contributed by atoms with Gasteiger partial charge in [0.2, 0.25) is 0 Å². The smallest absolute Gasteiger partial charge is 0.318 e. The fraction of sp³-hybridized carbons (Fsp3) is 0.400. The third-order valence-electron chi connectivity index (χ3n) is 3.14. The summed E-state index contributed by atoms with van der Waals surface area (Å²) in [6, 6.07) is 5.01. The Bertz CT molecular complexity index is 760. The van der Waals surface area contributed by atoms with Crippen LogP contribution in [0.25, 0.3) is 10.9 Å². The lowest BCUT2D eigenvalue weighted by Crippen LogP contribution is -2.25. The molecule has 0 aliphatic carbocycles. The van der Waals surface area contributed by atoms with E-state index in [1.807, 2.05) is 6.92 Å². The molecule has 1 aromatic carbocycles. The van der Waals surface area contributed by atoms with E-state index in [4.69, 9.17) is 16.3 Å². The molecule has 0 aliphatic rings. The molecule has 0 bridgehead atoms. The fourth-order valence-corrected chi connectivity index (χ4v) is 3.18. The van der Waals surface area contributed by atoms with Crippen LogP contribution in [-0.4, -0.2) is 27.9 Å². The summed E-state index contributed by atoms with van der Waals surface area (Å²) in [5.41, 5.74) is 0.410. The summed E-state index contributed by atoms with van der Waals surface area (Å²) < 4.78 is 6.32. The van der Waals surface area contributed by atoms with Gasteiger partial charge in [-0.25, -0.2) is 4.98 Å². The van der Waals surface area contributed by atoms with Crippen molar-refractivity contribution in [3.8, 4) is 0 Å². The van der Waals surface area contributed by atoms with Crippen molar-refractivity contribution < 1.29 is 9.53 Å². The predicted molar refractivity (Wildman–Crippen MR) is 88.6 cm³/mol. The molecule has 2 aromatic rings. The van der Waals surface area contributed by atoms with Crippen molar-refractivity contribution >= 4 is 40.2 Å². The second-order valence-electron chi connectivity index (χ2n) is 4.80. The van der Waals surface area contributed by atoms with Gasteiger partial charge in [0.1, 0.15) is 5.25 Å².